The first-order valence-electron chi connectivity index (χ1n) is 9.58. The van der Waals surface area contributed by atoms with Gasteiger partial charge in [-0.3, -0.25) is 0 Å². The molecule has 0 aromatic heterocycles. The average molecular weight is 395 g/mol. The van der Waals surface area contributed by atoms with Crippen LogP contribution in [0.5, 0.6) is 0 Å². The number of halogens is 2. The Morgan fingerprint density at radius 2 is 1.79 bits per heavy atom. The highest BCUT2D eigenvalue weighted by atomic mass is 19.1. The van der Waals surface area contributed by atoms with Crippen molar-refractivity contribution in [3.63, 3.8) is 0 Å². The Morgan fingerprint density at radius 3 is 2.32 bits per heavy atom. The largest absolute Gasteiger partial charge is 0.500 e. The zero-order chi connectivity index (χ0) is 21.1. The Morgan fingerprint density at radius 1 is 1.21 bits per heavy atom. The van der Waals surface area contributed by atoms with E-state index in [-0.39, 0.29) is 11.0 Å². The van der Waals surface area contributed by atoms with Crippen LogP contribution in [0.2, 0.25) is 0 Å². The minimum Gasteiger partial charge on any atom is -0.444 e. The van der Waals surface area contributed by atoms with Gasteiger partial charge in [-0.05, 0) is 72.9 Å². The molecule has 28 heavy (non-hydrogen) atoms. The summed E-state index contributed by atoms with van der Waals surface area (Å²) in [5, 5.41) is 2.70. The molecule has 0 saturated carbocycles. The number of aryl methyl sites for hydroxylation is 1. The second-order valence-corrected chi connectivity index (χ2v) is 9.48. The molecule has 1 atom stereocenters. The summed E-state index contributed by atoms with van der Waals surface area (Å²) in [4.78, 5) is 12.1. The van der Waals surface area contributed by atoms with Crippen LogP contribution in [0.1, 0.15) is 72.1 Å². The number of benzene rings is 1. The molecule has 0 bridgehead atoms. The van der Waals surface area contributed by atoms with E-state index in [0.717, 1.165) is 0 Å². The first-order valence-corrected chi connectivity index (χ1v) is 9.58. The summed E-state index contributed by atoms with van der Waals surface area (Å²) in [5.41, 5.74) is -1.54. The van der Waals surface area contributed by atoms with Crippen molar-refractivity contribution < 1.29 is 27.6 Å². The van der Waals surface area contributed by atoms with Crippen molar-refractivity contribution in [2.45, 2.75) is 84.2 Å². The quantitative estimate of drug-likeness (QED) is 0.775. The maximum absolute atomic E-state index is 15.4. The molecule has 1 aliphatic carbocycles. The van der Waals surface area contributed by atoms with Gasteiger partial charge in [-0.25, -0.2) is 13.6 Å². The van der Waals surface area contributed by atoms with Gasteiger partial charge in [0.15, 0.2) is 0 Å². The molecule has 5 nitrogen and oxygen atoms in total. The fourth-order valence-electron chi connectivity index (χ4n) is 3.50. The summed E-state index contributed by atoms with van der Waals surface area (Å²) in [6.45, 7) is 12.5. The SMILES string of the molecule is CC(C)(C)OC(=O)NC1CCc2cc(F)c(B3OC(C)(C)C(C)(C)O3)c(F)c21. The van der Waals surface area contributed by atoms with Gasteiger partial charge in [0, 0.05) is 5.56 Å². The number of carbonyl (C=O) groups excluding carboxylic acids is 1. The van der Waals surface area contributed by atoms with E-state index in [1.807, 2.05) is 27.7 Å². The Kier molecular flexibility index (Phi) is 5.03. The van der Waals surface area contributed by atoms with Gasteiger partial charge >= 0.3 is 13.2 Å². The van der Waals surface area contributed by atoms with Crippen molar-refractivity contribution in [1.82, 2.24) is 5.32 Å². The first kappa shape index (κ1) is 21.1. The highest BCUT2D eigenvalue weighted by Crippen LogP contribution is 2.39. The molecule has 1 aliphatic heterocycles. The Labute approximate surface area is 165 Å². The van der Waals surface area contributed by atoms with Gasteiger partial charge in [0.2, 0.25) is 0 Å². The maximum Gasteiger partial charge on any atom is 0.500 e. The molecule has 0 spiro atoms. The predicted octanol–water partition coefficient (Wildman–Crippen LogP) is 3.78. The number of rotatable bonds is 2. The minimum absolute atomic E-state index is 0.254. The summed E-state index contributed by atoms with van der Waals surface area (Å²) in [7, 11) is -1.15. The van der Waals surface area contributed by atoms with E-state index in [4.69, 9.17) is 14.0 Å². The van der Waals surface area contributed by atoms with Crippen LogP contribution >= 0.6 is 0 Å². The minimum atomic E-state index is -1.15. The molecular formula is C20H28BF2NO4. The number of alkyl carbamates (subject to hydrolysis) is 1. The summed E-state index contributed by atoms with van der Waals surface area (Å²) in [6.07, 6.45) is 0.302. The third-order valence-corrected chi connectivity index (χ3v) is 5.61. The van der Waals surface area contributed by atoms with Gasteiger partial charge in [-0.2, -0.15) is 0 Å². The van der Waals surface area contributed by atoms with E-state index in [9.17, 15) is 9.18 Å². The third-order valence-electron chi connectivity index (χ3n) is 5.61. The summed E-state index contributed by atoms with van der Waals surface area (Å²) in [6, 6.07) is 0.724. The van der Waals surface area contributed by atoms with Crippen LogP contribution in [-0.4, -0.2) is 30.0 Å². The van der Waals surface area contributed by atoms with Gasteiger partial charge in [0.05, 0.1) is 22.7 Å². The summed E-state index contributed by atoms with van der Waals surface area (Å²) in [5.74, 6) is -1.43. The summed E-state index contributed by atoms with van der Waals surface area (Å²) >= 11 is 0. The van der Waals surface area contributed by atoms with Crippen LogP contribution < -0.4 is 10.8 Å². The number of carbonyl (C=O) groups is 1. The molecule has 1 unspecified atom stereocenters. The van der Waals surface area contributed by atoms with E-state index in [1.165, 1.54) is 6.07 Å². The Balaban J connectivity index is 1.92. The molecule has 1 N–H and O–H groups in total. The second-order valence-electron chi connectivity index (χ2n) is 9.48. The molecule has 1 aromatic carbocycles. The monoisotopic (exact) mass is 395 g/mol. The lowest BCUT2D eigenvalue weighted by molar-refractivity contribution is 0.00578. The molecule has 1 heterocycles. The standard InChI is InChI=1S/C20H28BF2NO4/c1-18(2,3)26-17(25)24-13-9-8-11-10-12(22)15(16(23)14(11)13)21-27-19(4,5)20(6,7)28-21/h10,13H,8-9H2,1-7H3,(H,24,25). The van der Waals surface area contributed by atoms with Crippen LogP contribution in [0.15, 0.2) is 6.07 Å². The van der Waals surface area contributed by atoms with Crippen molar-refractivity contribution in [1.29, 1.82) is 0 Å². The van der Waals surface area contributed by atoms with Crippen molar-refractivity contribution in [3.05, 3.63) is 28.8 Å². The van der Waals surface area contributed by atoms with Crippen molar-refractivity contribution in [2.24, 2.45) is 0 Å². The molecule has 1 saturated heterocycles. The van der Waals surface area contributed by atoms with Gasteiger partial charge in [-0.15, -0.1) is 0 Å². The Bertz CT molecular complexity index is 788. The lowest BCUT2D eigenvalue weighted by Crippen LogP contribution is -2.41. The Hall–Kier alpha value is -1.67. The van der Waals surface area contributed by atoms with Gasteiger partial charge in [-0.1, -0.05) is 0 Å². The van der Waals surface area contributed by atoms with Crippen LogP contribution in [0.4, 0.5) is 13.6 Å². The highest BCUT2D eigenvalue weighted by Gasteiger charge is 2.54. The number of hydrogen-bond acceptors (Lipinski definition) is 4. The number of hydrogen-bond donors (Lipinski definition) is 1. The molecular weight excluding hydrogens is 367 g/mol. The number of ether oxygens (including phenoxy) is 1. The number of amides is 1. The lowest BCUT2D eigenvalue weighted by atomic mass is 9.76. The fourth-order valence-corrected chi connectivity index (χ4v) is 3.50. The van der Waals surface area contributed by atoms with Crippen LogP contribution in [-0.2, 0) is 20.5 Å². The van der Waals surface area contributed by atoms with Crippen molar-refractivity contribution in [3.8, 4) is 0 Å². The van der Waals surface area contributed by atoms with Gasteiger partial charge in [0.25, 0.3) is 0 Å². The van der Waals surface area contributed by atoms with E-state index in [1.54, 1.807) is 20.8 Å². The van der Waals surface area contributed by atoms with E-state index in [2.05, 4.69) is 5.32 Å². The van der Waals surface area contributed by atoms with E-state index in [0.29, 0.717) is 18.4 Å². The third kappa shape index (κ3) is 3.76. The maximum atomic E-state index is 15.4. The zero-order valence-electron chi connectivity index (χ0n) is 17.5. The van der Waals surface area contributed by atoms with E-state index >= 15 is 4.39 Å². The van der Waals surface area contributed by atoms with Crippen LogP contribution in [0, 0.1) is 11.6 Å². The molecule has 2 aliphatic rings. The molecule has 0 radical (unpaired) electrons. The van der Waals surface area contributed by atoms with Crippen molar-refractivity contribution >= 4 is 18.7 Å². The molecule has 1 aromatic rings. The zero-order valence-corrected chi connectivity index (χ0v) is 17.5. The lowest BCUT2D eigenvalue weighted by Gasteiger charge is -2.32. The molecule has 8 heteroatoms. The van der Waals surface area contributed by atoms with Gasteiger partial charge < -0.3 is 19.4 Å². The first-order chi connectivity index (χ1) is 12.7. The average Bonchev–Trinajstić information content (AvgIpc) is 2.95. The number of fused-ring (bicyclic) bond motifs is 1. The van der Waals surface area contributed by atoms with E-state index < -0.39 is 47.7 Å². The predicted molar refractivity (Wildman–Crippen MR) is 103 cm³/mol. The summed E-state index contributed by atoms with van der Waals surface area (Å²) < 4.78 is 47.1. The molecule has 154 valence electrons. The number of nitrogens with one attached hydrogen (secondary N) is 1. The normalized spacial score (nSPS) is 22.9. The molecule has 1 amide bonds. The second kappa shape index (κ2) is 6.70. The van der Waals surface area contributed by atoms with Crippen LogP contribution in [0.3, 0.4) is 0 Å². The smallest absolute Gasteiger partial charge is 0.444 e. The highest BCUT2D eigenvalue weighted by molar-refractivity contribution is 6.62. The molecule has 3 rings (SSSR count). The van der Waals surface area contributed by atoms with Crippen LogP contribution in [0.25, 0.3) is 0 Å². The molecule has 1 fully saturated rings. The van der Waals surface area contributed by atoms with Gasteiger partial charge in [0.1, 0.15) is 17.2 Å². The van der Waals surface area contributed by atoms with Crippen molar-refractivity contribution in [2.75, 3.05) is 0 Å². The topological polar surface area (TPSA) is 56.8 Å². The fraction of sp³-hybridized carbons (Fsp3) is 0.650.